The zero-order valence-corrected chi connectivity index (χ0v) is 12.8. The molecule has 1 saturated heterocycles. The summed E-state index contributed by atoms with van der Waals surface area (Å²) in [4.78, 5) is 32.4. The van der Waals surface area contributed by atoms with Crippen molar-refractivity contribution in [3.05, 3.63) is 29.1 Å². The molecule has 1 aliphatic heterocycles. The van der Waals surface area contributed by atoms with E-state index in [2.05, 4.69) is 4.98 Å². The van der Waals surface area contributed by atoms with Crippen LogP contribution < -0.4 is 0 Å². The predicted octanol–water partition coefficient (Wildman–Crippen LogP) is 2.40. The van der Waals surface area contributed by atoms with E-state index in [-0.39, 0.29) is 24.0 Å². The molecule has 1 aliphatic carbocycles. The molecule has 2 fully saturated rings. The number of hydrogen-bond acceptors (Lipinski definition) is 3. The molecule has 1 aromatic rings. The highest BCUT2D eigenvalue weighted by Gasteiger charge is 2.46. The van der Waals surface area contributed by atoms with E-state index in [1.807, 2.05) is 32.9 Å². The zero-order valence-electron chi connectivity index (χ0n) is 12.8. The Kier molecular flexibility index (Phi) is 3.43. The van der Waals surface area contributed by atoms with Crippen LogP contribution in [0.3, 0.4) is 0 Å². The third-order valence-electron chi connectivity index (χ3n) is 4.44. The summed E-state index contributed by atoms with van der Waals surface area (Å²) in [6.45, 7) is 6.03. The lowest BCUT2D eigenvalue weighted by atomic mass is 9.91. The van der Waals surface area contributed by atoms with Crippen LogP contribution in [0.5, 0.6) is 0 Å². The molecule has 0 bridgehead atoms. The third kappa shape index (κ3) is 2.41. The van der Waals surface area contributed by atoms with Crippen LogP contribution in [-0.2, 0) is 11.3 Å². The largest absolute Gasteiger partial charge is 0.328 e. The second-order valence-corrected chi connectivity index (χ2v) is 6.13. The molecule has 5 nitrogen and oxygen atoms in total. The Balaban J connectivity index is 1.81. The van der Waals surface area contributed by atoms with Gasteiger partial charge in [0.2, 0.25) is 0 Å². The molecule has 0 spiro atoms. The fourth-order valence-electron chi connectivity index (χ4n) is 3.22. The number of rotatable bonds is 3. The highest BCUT2D eigenvalue weighted by molar-refractivity contribution is 6.04. The Hall–Kier alpha value is -1.91. The summed E-state index contributed by atoms with van der Waals surface area (Å²) in [6, 6.07) is 3.66. The van der Waals surface area contributed by atoms with Crippen LogP contribution in [-0.4, -0.2) is 38.8 Å². The number of aromatic nitrogens is 1. The lowest BCUT2D eigenvalue weighted by Gasteiger charge is -2.36. The standard InChI is InChI=1S/C16H21N3O2/c1-10-7-13(8-11(2)17-10)9-18-15(20)12(3)19(16(18)21)14-5-4-6-14/h7-8,12,14H,4-6,9H2,1-3H3. The Morgan fingerprint density at radius 2 is 1.81 bits per heavy atom. The van der Waals surface area contributed by atoms with Crippen molar-refractivity contribution < 1.29 is 9.59 Å². The summed E-state index contributed by atoms with van der Waals surface area (Å²) in [6.07, 6.45) is 3.19. The third-order valence-corrected chi connectivity index (χ3v) is 4.44. The molecule has 2 aliphatic rings. The van der Waals surface area contributed by atoms with Gasteiger partial charge in [0.1, 0.15) is 6.04 Å². The van der Waals surface area contributed by atoms with Crippen LogP contribution in [0.4, 0.5) is 4.79 Å². The highest BCUT2D eigenvalue weighted by atomic mass is 16.2. The molecule has 2 heterocycles. The molecule has 1 atom stereocenters. The van der Waals surface area contributed by atoms with E-state index in [9.17, 15) is 9.59 Å². The quantitative estimate of drug-likeness (QED) is 0.802. The van der Waals surface area contributed by atoms with Crippen molar-refractivity contribution in [1.29, 1.82) is 0 Å². The Labute approximate surface area is 124 Å². The van der Waals surface area contributed by atoms with Gasteiger partial charge in [0.15, 0.2) is 0 Å². The van der Waals surface area contributed by atoms with Gasteiger partial charge in [0.25, 0.3) is 5.91 Å². The lowest BCUT2D eigenvalue weighted by Crippen LogP contribution is -2.45. The molecule has 1 aromatic heterocycles. The summed E-state index contributed by atoms with van der Waals surface area (Å²) in [5.41, 5.74) is 2.78. The van der Waals surface area contributed by atoms with E-state index in [0.29, 0.717) is 6.54 Å². The van der Waals surface area contributed by atoms with Crippen molar-refractivity contribution in [3.63, 3.8) is 0 Å². The van der Waals surface area contributed by atoms with Gasteiger partial charge in [-0.3, -0.25) is 14.7 Å². The average Bonchev–Trinajstić information content (AvgIpc) is 2.53. The zero-order chi connectivity index (χ0) is 15.1. The van der Waals surface area contributed by atoms with Crippen molar-refractivity contribution in [2.24, 2.45) is 0 Å². The molecule has 0 N–H and O–H groups in total. The second kappa shape index (κ2) is 5.13. The molecule has 1 saturated carbocycles. The summed E-state index contributed by atoms with van der Waals surface area (Å²) in [5, 5.41) is 0. The molecule has 21 heavy (non-hydrogen) atoms. The van der Waals surface area contributed by atoms with Gasteiger partial charge in [-0.2, -0.15) is 0 Å². The van der Waals surface area contributed by atoms with Gasteiger partial charge < -0.3 is 4.90 Å². The van der Waals surface area contributed by atoms with Crippen LogP contribution in [0.2, 0.25) is 0 Å². The van der Waals surface area contributed by atoms with Crippen molar-refractivity contribution in [2.75, 3.05) is 0 Å². The van der Waals surface area contributed by atoms with E-state index >= 15 is 0 Å². The molecular weight excluding hydrogens is 266 g/mol. The van der Waals surface area contributed by atoms with Crippen LogP contribution >= 0.6 is 0 Å². The van der Waals surface area contributed by atoms with Crippen molar-refractivity contribution in [3.8, 4) is 0 Å². The Morgan fingerprint density at radius 1 is 1.19 bits per heavy atom. The van der Waals surface area contributed by atoms with E-state index in [1.165, 1.54) is 4.90 Å². The first-order chi connectivity index (χ1) is 9.97. The fraction of sp³-hybridized carbons (Fsp3) is 0.562. The van der Waals surface area contributed by atoms with E-state index < -0.39 is 0 Å². The van der Waals surface area contributed by atoms with E-state index in [1.54, 1.807) is 4.90 Å². The van der Waals surface area contributed by atoms with Gasteiger partial charge in [0.05, 0.1) is 6.54 Å². The maximum atomic E-state index is 12.6. The summed E-state index contributed by atoms with van der Waals surface area (Å²) >= 11 is 0. The first kappa shape index (κ1) is 14.0. The molecular formula is C16H21N3O2. The van der Waals surface area contributed by atoms with Crippen molar-refractivity contribution >= 4 is 11.9 Å². The van der Waals surface area contributed by atoms with Gasteiger partial charge in [-0.25, -0.2) is 4.79 Å². The molecule has 1 unspecified atom stereocenters. The summed E-state index contributed by atoms with van der Waals surface area (Å²) in [5.74, 6) is -0.0842. The van der Waals surface area contributed by atoms with Crippen LogP contribution in [0, 0.1) is 13.8 Å². The highest BCUT2D eigenvalue weighted by Crippen LogP contribution is 2.32. The second-order valence-electron chi connectivity index (χ2n) is 6.13. The van der Waals surface area contributed by atoms with Crippen molar-refractivity contribution in [1.82, 2.24) is 14.8 Å². The number of carbonyl (C=O) groups excluding carboxylic acids is 2. The lowest BCUT2D eigenvalue weighted by molar-refractivity contribution is -0.128. The van der Waals surface area contributed by atoms with E-state index in [0.717, 1.165) is 36.2 Å². The van der Waals surface area contributed by atoms with Gasteiger partial charge >= 0.3 is 6.03 Å². The Bertz CT molecular complexity index is 575. The molecule has 0 radical (unpaired) electrons. The maximum Gasteiger partial charge on any atom is 0.328 e. The van der Waals surface area contributed by atoms with Crippen LogP contribution in [0.25, 0.3) is 0 Å². The van der Waals surface area contributed by atoms with Gasteiger partial charge in [0, 0.05) is 17.4 Å². The van der Waals surface area contributed by atoms with Gasteiger partial charge in [-0.15, -0.1) is 0 Å². The first-order valence-corrected chi connectivity index (χ1v) is 7.55. The number of imide groups is 1. The minimum absolute atomic E-state index is 0.0842. The number of urea groups is 1. The number of aryl methyl sites for hydroxylation is 2. The molecule has 5 heteroatoms. The number of carbonyl (C=O) groups is 2. The molecule has 0 aromatic carbocycles. The summed E-state index contributed by atoms with van der Waals surface area (Å²) < 4.78 is 0. The average molecular weight is 287 g/mol. The van der Waals surface area contributed by atoms with Gasteiger partial charge in [-0.05, 0) is 57.7 Å². The SMILES string of the molecule is Cc1cc(CN2C(=O)C(C)N(C3CCC3)C2=O)cc(C)n1. The summed E-state index contributed by atoms with van der Waals surface area (Å²) in [7, 11) is 0. The number of amides is 3. The molecule has 3 amide bonds. The maximum absolute atomic E-state index is 12.6. The number of hydrogen-bond donors (Lipinski definition) is 0. The van der Waals surface area contributed by atoms with Crippen LogP contribution in [0.15, 0.2) is 12.1 Å². The first-order valence-electron chi connectivity index (χ1n) is 7.55. The van der Waals surface area contributed by atoms with Gasteiger partial charge in [-0.1, -0.05) is 0 Å². The minimum Gasteiger partial charge on any atom is -0.310 e. The predicted molar refractivity (Wildman–Crippen MR) is 78.6 cm³/mol. The van der Waals surface area contributed by atoms with Crippen LogP contribution in [0.1, 0.15) is 43.1 Å². The number of pyridine rings is 1. The Morgan fingerprint density at radius 3 is 2.33 bits per heavy atom. The number of nitrogens with zero attached hydrogens (tertiary/aromatic N) is 3. The smallest absolute Gasteiger partial charge is 0.310 e. The monoisotopic (exact) mass is 287 g/mol. The van der Waals surface area contributed by atoms with E-state index in [4.69, 9.17) is 0 Å². The minimum atomic E-state index is -0.327. The molecule has 3 rings (SSSR count). The topological polar surface area (TPSA) is 53.5 Å². The normalized spacial score (nSPS) is 22.9. The fourth-order valence-corrected chi connectivity index (χ4v) is 3.22. The molecule has 112 valence electrons. The van der Waals surface area contributed by atoms with Crippen molar-refractivity contribution in [2.45, 2.75) is 58.7 Å².